The molecular weight excluding hydrogens is 359 g/mol. The first kappa shape index (κ1) is 21.4. The van der Waals surface area contributed by atoms with Gasteiger partial charge >= 0.3 is 57.6 Å². The van der Waals surface area contributed by atoms with Gasteiger partial charge in [0.05, 0.1) is 12.4 Å². The van der Waals surface area contributed by atoms with Crippen molar-refractivity contribution in [2.45, 2.75) is 18.0 Å². The summed E-state index contributed by atoms with van der Waals surface area (Å²) < 4.78 is 45.8. The zero-order chi connectivity index (χ0) is 14.5. The second kappa shape index (κ2) is 9.49. The quantitative estimate of drug-likeness (QED) is 0.411. The molecule has 0 fully saturated rings. The van der Waals surface area contributed by atoms with Crippen LogP contribution in [0.25, 0.3) is 0 Å². The molecule has 108 valence electrons. The zero-order valence-electron chi connectivity index (χ0n) is 10.8. The average molecular weight is 370 g/mol. The fraction of sp³-hybridized carbons (Fsp3) is 0.400. The first-order chi connectivity index (χ1) is 8.72. The second-order valence-electron chi connectivity index (χ2n) is 3.33. The smallest absolute Gasteiger partial charge is 0.770 e. The Bertz CT molecular complexity index is 456. The normalized spacial score (nSPS) is 14.2. The summed E-state index contributed by atoms with van der Waals surface area (Å²) in [6, 6.07) is 5.67. The van der Waals surface area contributed by atoms with Gasteiger partial charge in [0, 0.05) is 4.90 Å². The largest absolute Gasteiger partial charge is 1.00 e. The Balaban J connectivity index is 0.00000361. The van der Waals surface area contributed by atoms with Crippen LogP contribution in [0.4, 0.5) is 13.2 Å². The standard InChI is InChI=1S/C10H12F3O3PS2.K/c1-2-15-17(14,18)16-8-3-5-9(6-4-8)19-7-10(11,12)13;/h3-6H,2,7H2,1H3,(H,14,18);/q;+1/p-1. The van der Waals surface area contributed by atoms with Gasteiger partial charge in [-0.15, -0.1) is 11.8 Å². The van der Waals surface area contributed by atoms with E-state index in [1.807, 2.05) is 0 Å². The number of halogens is 3. The molecule has 10 heteroatoms. The topological polar surface area (TPSA) is 41.5 Å². The van der Waals surface area contributed by atoms with Gasteiger partial charge < -0.3 is 13.9 Å². The van der Waals surface area contributed by atoms with E-state index in [1.165, 1.54) is 24.3 Å². The molecule has 1 unspecified atom stereocenters. The van der Waals surface area contributed by atoms with E-state index in [1.54, 1.807) is 6.92 Å². The molecule has 0 aromatic heterocycles. The average Bonchev–Trinajstić information content (AvgIpc) is 2.26. The van der Waals surface area contributed by atoms with Gasteiger partial charge in [-0.1, -0.05) is 0 Å². The van der Waals surface area contributed by atoms with Crippen LogP contribution in [0.3, 0.4) is 0 Å². The summed E-state index contributed by atoms with van der Waals surface area (Å²) in [5.74, 6) is -0.769. The van der Waals surface area contributed by atoms with Crippen molar-refractivity contribution < 1.29 is 78.5 Å². The molecule has 1 aromatic carbocycles. The first-order valence-corrected chi connectivity index (χ1v) is 8.71. The van der Waals surface area contributed by atoms with Crippen LogP contribution in [0, 0.1) is 0 Å². The second-order valence-corrected chi connectivity index (χ2v) is 7.06. The molecule has 1 atom stereocenters. The number of thioether (sulfide) groups is 1. The zero-order valence-corrected chi connectivity index (χ0v) is 16.5. The molecule has 0 aliphatic rings. The Morgan fingerprint density at radius 2 is 1.85 bits per heavy atom. The van der Waals surface area contributed by atoms with Gasteiger partial charge in [-0.2, -0.15) is 13.2 Å². The van der Waals surface area contributed by atoms with Crippen LogP contribution in [0.1, 0.15) is 6.92 Å². The van der Waals surface area contributed by atoms with Crippen LogP contribution < -0.4 is 60.8 Å². The summed E-state index contributed by atoms with van der Waals surface area (Å²) in [6.07, 6.45) is -4.22. The molecule has 3 nitrogen and oxygen atoms in total. The third-order valence-electron chi connectivity index (χ3n) is 1.73. The SMILES string of the molecule is CCOP([O-])(=S)Oc1ccc(SCC(F)(F)F)cc1.[K+]. The van der Waals surface area contributed by atoms with Crippen molar-refractivity contribution in [3.05, 3.63) is 24.3 Å². The molecule has 1 aromatic rings. The minimum Gasteiger partial charge on any atom is -0.770 e. The van der Waals surface area contributed by atoms with E-state index in [0.29, 0.717) is 16.7 Å². The molecule has 0 saturated carbocycles. The van der Waals surface area contributed by atoms with Crippen LogP contribution in [-0.2, 0) is 16.3 Å². The summed E-state index contributed by atoms with van der Waals surface area (Å²) in [5, 5.41) is 0. The maximum Gasteiger partial charge on any atom is 1.00 e. The maximum atomic E-state index is 12.0. The molecule has 0 aliphatic heterocycles. The first-order valence-electron chi connectivity index (χ1n) is 5.16. The Morgan fingerprint density at radius 1 is 1.30 bits per heavy atom. The summed E-state index contributed by atoms with van der Waals surface area (Å²) >= 11 is 5.27. The van der Waals surface area contributed by atoms with Crippen molar-refractivity contribution in [3.63, 3.8) is 0 Å². The van der Waals surface area contributed by atoms with E-state index >= 15 is 0 Å². The predicted octanol–water partition coefficient (Wildman–Crippen LogP) is 0.345. The van der Waals surface area contributed by atoms with Crippen LogP contribution in [0.5, 0.6) is 5.75 Å². The van der Waals surface area contributed by atoms with Gasteiger partial charge in [-0.25, -0.2) is 0 Å². The maximum absolute atomic E-state index is 12.0. The number of rotatable bonds is 6. The van der Waals surface area contributed by atoms with Gasteiger partial charge in [-0.05, 0) is 43.0 Å². The van der Waals surface area contributed by atoms with E-state index in [4.69, 9.17) is 9.05 Å². The van der Waals surface area contributed by atoms with Gasteiger partial charge in [0.25, 0.3) is 0 Å². The van der Waals surface area contributed by atoms with Crippen molar-refractivity contribution in [1.29, 1.82) is 0 Å². The third kappa shape index (κ3) is 9.40. The fourth-order valence-corrected chi connectivity index (χ4v) is 3.06. The third-order valence-corrected chi connectivity index (χ3v) is 4.36. The van der Waals surface area contributed by atoms with Crippen LogP contribution >= 0.6 is 18.5 Å². The van der Waals surface area contributed by atoms with E-state index in [-0.39, 0.29) is 63.7 Å². The Labute approximate surface area is 167 Å². The summed E-state index contributed by atoms with van der Waals surface area (Å²) in [7, 11) is 0. The molecular formula is C10H11F3KO3PS2. The molecule has 0 bridgehead atoms. The molecule has 0 amide bonds. The van der Waals surface area contributed by atoms with Crippen molar-refractivity contribution in [2.24, 2.45) is 0 Å². The Morgan fingerprint density at radius 3 is 2.30 bits per heavy atom. The van der Waals surface area contributed by atoms with Gasteiger partial charge in [-0.3, -0.25) is 0 Å². The van der Waals surface area contributed by atoms with E-state index in [2.05, 4.69) is 11.8 Å². The molecule has 0 aliphatic carbocycles. The molecule has 20 heavy (non-hydrogen) atoms. The molecule has 0 heterocycles. The molecule has 0 spiro atoms. The van der Waals surface area contributed by atoms with Gasteiger partial charge in [0.15, 0.2) is 6.72 Å². The number of benzene rings is 1. The number of hydrogen-bond donors (Lipinski definition) is 0. The minimum atomic E-state index is -4.22. The van der Waals surface area contributed by atoms with E-state index in [0.717, 1.165) is 0 Å². The minimum absolute atomic E-state index is 0. The van der Waals surface area contributed by atoms with E-state index in [9.17, 15) is 18.1 Å². The van der Waals surface area contributed by atoms with Crippen LogP contribution in [-0.4, -0.2) is 18.5 Å². The van der Waals surface area contributed by atoms with Gasteiger partial charge in [0.1, 0.15) is 5.75 Å². The fourth-order valence-electron chi connectivity index (χ4n) is 1.08. The van der Waals surface area contributed by atoms with Crippen molar-refractivity contribution in [1.82, 2.24) is 0 Å². The van der Waals surface area contributed by atoms with Crippen LogP contribution in [0.2, 0.25) is 0 Å². The van der Waals surface area contributed by atoms with Crippen molar-refractivity contribution in [2.75, 3.05) is 12.4 Å². The van der Waals surface area contributed by atoms with Crippen LogP contribution in [0.15, 0.2) is 29.2 Å². The predicted molar refractivity (Wildman–Crippen MR) is 69.8 cm³/mol. The summed E-state index contributed by atoms with van der Waals surface area (Å²) in [4.78, 5) is 12.0. The molecule has 1 rings (SSSR count). The van der Waals surface area contributed by atoms with Crippen molar-refractivity contribution in [3.8, 4) is 5.75 Å². The monoisotopic (exact) mass is 370 g/mol. The molecule has 0 N–H and O–H groups in total. The molecule has 0 saturated heterocycles. The molecule has 0 radical (unpaired) electrons. The summed E-state index contributed by atoms with van der Waals surface area (Å²) in [6.45, 7) is -1.80. The summed E-state index contributed by atoms with van der Waals surface area (Å²) in [5.41, 5.74) is 0. The Kier molecular flexibility index (Phi) is 10.1. The number of alkyl halides is 3. The van der Waals surface area contributed by atoms with Crippen molar-refractivity contribution >= 4 is 30.3 Å². The Hall–Kier alpha value is 1.37. The van der Waals surface area contributed by atoms with Gasteiger partial charge in [0.2, 0.25) is 0 Å². The van der Waals surface area contributed by atoms with E-state index < -0.39 is 18.6 Å². The number of hydrogen-bond acceptors (Lipinski definition) is 5.